The van der Waals surface area contributed by atoms with Crippen LogP contribution < -0.4 is 0 Å². The molecule has 0 spiro atoms. The number of ether oxygens (including phenoxy) is 1. The number of hydrogen-bond donors (Lipinski definition) is 0. The Morgan fingerprint density at radius 1 is 0.786 bits per heavy atom. The van der Waals surface area contributed by atoms with E-state index < -0.39 is 41.3 Å². The lowest BCUT2D eigenvalue weighted by Crippen LogP contribution is -2.07. The van der Waals surface area contributed by atoms with Gasteiger partial charge in [-0.3, -0.25) is 0 Å². The van der Waals surface area contributed by atoms with Crippen LogP contribution in [0.3, 0.4) is 0 Å². The van der Waals surface area contributed by atoms with E-state index in [1.807, 2.05) is 0 Å². The lowest BCUT2D eigenvalue weighted by Gasteiger charge is -2.06. The van der Waals surface area contributed by atoms with Crippen LogP contribution in [-0.4, -0.2) is 7.11 Å². The molecule has 0 heterocycles. The lowest BCUT2D eigenvalue weighted by molar-refractivity contribution is 0.174. The van der Waals surface area contributed by atoms with E-state index in [1.165, 1.54) is 0 Å². The van der Waals surface area contributed by atoms with E-state index in [9.17, 15) is 22.0 Å². The molecule has 0 saturated carbocycles. The summed E-state index contributed by atoms with van der Waals surface area (Å²) in [5.41, 5.74) is -0.969. The van der Waals surface area contributed by atoms with Crippen molar-refractivity contribution in [1.29, 1.82) is 0 Å². The standard InChI is InChI=1S/C8H5F5O/c1-14-2-3-4(9)6(11)8(13)7(12)5(3)10/h2H2,1H3. The minimum absolute atomic E-state index is 0.675. The Hall–Kier alpha value is -1.17. The molecule has 1 rings (SSSR count). The molecule has 0 saturated heterocycles. The van der Waals surface area contributed by atoms with Crippen LogP contribution >= 0.6 is 0 Å². The molecular weight excluding hydrogens is 207 g/mol. The van der Waals surface area contributed by atoms with Crippen LogP contribution in [0.2, 0.25) is 0 Å². The van der Waals surface area contributed by atoms with E-state index in [2.05, 4.69) is 4.74 Å². The zero-order valence-electron chi connectivity index (χ0n) is 7.01. The molecule has 0 atom stereocenters. The summed E-state index contributed by atoms with van der Waals surface area (Å²) in [5.74, 6) is -9.81. The summed E-state index contributed by atoms with van der Waals surface area (Å²) in [6, 6.07) is 0. The average Bonchev–Trinajstić information content (AvgIpc) is 2.19. The Morgan fingerprint density at radius 3 is 1.50 bits per heavy atom. The van der Waals surface area contributed by atoms with Crippen LogP contribution in [0, 0.1) is 29.1 Å². The maximum absolute atomic E-state index is 12.8. The first-order chi connectivity index (χ1) is 6.50. The Labute approximate surface area is 76.1 Å². The summed E-state index contributed by atoms with van der Waals surface area (Å²) >= 11 is 0. The Bertz CT molecular complexity index is 334. The molecule has 0 radical (unpaired) electrons. The molecule has 0 aliphatic carbocycles. The van der Waals surface area contributed by atoms with Gasteiger partial charge in [0.25, 0.3) is 0 Å². The molecule has 0 unspecified atom stereocenters. The fourth-order valence-corrected chi connectivity index (χ4v) is 0.921. The molecule has 0 bridgehead atoms. The Morgan fingerprint density at radius 2 is 1.14 bits per heavy atom. The number of methoxy groups -OCH3 is 1. The molecule has 1 nitrogen and oxygen atoms in total. The van der Waals surface area contributed by atoms with Crippen molar-refractivity contribution < 1.29 is 26.7 Å². The SMILES string of the molecule is COCc1c(F)c(F)c(F)c(F)c1F. The van der Waals surface area contributed by atoms with Crippen molar-refractivity contribution in [2.24, 2.45) is 0 Å². The summed E-state index contributed by atoms with van der Waals surface area (Å²) in [6.07, 6.45) is 0. The third-order valence-electron chi connectivity index (χ3n) is 1.59. The highest BCUT2D eigenvalue weighted by Gasteiger charge is 2.25. The van der Waals surface area contributed by atoms with E-state index in [0.717, 1.165) is 7.11 Å². The predicted octanol–water partition coefficient (Wildman–Crippen LogP) is 2.53. The van der Waals surface area contributed by atoms with Gasteiger partial charge in [-0.25, -0.2) is 22.0 Å². The van der Waals surface area contributed by atoms with Crippen LogP contribution in [0.4, 0.5) is 22.0 Å². The highest BCUT2D eigenvalue weighted by molar-refractivity contribution is 5.23. The van der Waals surface area contributed by atoms with Gasteiger partial charge in [-0.1, -0.05) is 0 Å². The minimum atomic E-state index is -2.17. The zero-order valence-corrected chi connectivity index (χ0v) is 7.01. The molecule has 1 aromatic carbocycles. The smallest absolute Gasteiger partial charge is 0.200 e. The lowest BCUT2D eigenvalue weighted by atomic mass is 10.2. The Balaban J connectivity index is 3.43. The number of rotatable bonds is 2. The molecule has 0 amide bonds. The van der Waals surface area contributed by atoms with E-state index in [1.54, 1.807) is 0 Å². The maximum Gasteiger partial charge on any atom is 0.200 e. The average molecular weight is 212 g/mol. The van der Waals surface area contributed by atoms with Crippen LogP contribution in [0.25, 0.3) is 0 Å². The third-order valence-corrected chi connectivity index (χ3v) is 1.59. The molecule has 0 aliphatic rings. The maximum atomic E-state index is 12.8. The highest BCUT2D eigenvalue weighted by atomic mass is 19.2. The minimum Gasteiger partial charge on any atom is -0.380 e. The van der Waals surface area contributed by atoms with E-state index in [0.29, 0.717) is 0 Å². The fraction of sp³-hybridized carbons (Fsp3) is 0.250. The molecule has 6 heteroatoms. The first-order valence-electron chi connectivity index (χ1n) is 3.50. The summed E-state index contributed by atoms with van der Waals surface area (Å²) in [7, 11) is 1.08. The second-order valence-electron chi connectivity index (χ2n) is 2.48. The van der Waals surface area contributed by atoms with E-state index in [4.69, 9.17) is 0 Å². The zero-order chi connectivity index (χ0) is 10.9. The molecule has 78 valence electrons. The quantitative estimate of drug-likeness (QED) is 0.416. The normalized spacial score (nSPS) is 10.7. The topological polar surface area (TPSA) is 9.23 Å². The van der Waals surface area contributed by atoms with Crippen LogP contribution in [0.1, 0.15) is 5.56 Å². The Kier molecular flexibility index (Phi) is 3.05. The van der Waals surface area contributed by atoms with Gasteiger partial charge in [0.05, 0.1) is 12.2 Å². The monoisotopic (exact) mass is 212 g/mol. The summed E-state index contributed by atoms with van der Waals surface area (Å²) in [4.78, 5) is 0. The molecule has 0 fully saturated rings. The van der Waals surface area contributed by atoms with Gasteiger partial charge in [0, 0.05) is 7.11 Å². The van der Waals surface area contributed by atoms with Gasteiger partial charge in [0.2, 0.25) is 5.82 Å². The van der Waals surface area contributed by atoms with Gasteiger partial charge in [-0.2, -0.15) is 0 Å². The number of halogens is 5. The first-order valence-corrected chi connectivity index (χ1v) is 3.50. The van der Waals surface area contributed by atoms with Crippen molar-refractivity contribution in [3.8, 4) is 0 Å². The van der Waals surface area contributed by atoms with Gasteiger partial charge in [0.15, 0.2) is 23.3 Å². The molecule has 0 aromatic heterocycles. The van der Waals surface area contributed by atoms with Crippen molar-refractivity contribution >= 4 is 0 Å². The third kappa shape index (κ3) is 1.57. The molecule has 0 N–H and O–H groups in total. The molecule has 1 aromatic rings. The van der Waals surface area contributed by atoms with Crippen molar-refractivity contribution in [3.05, 3.63) is 34.6 Å². The predicted molar refractivity (Wildman–Crippen MR) is 36.9 cm³/mol. The largest absolute Gasteiger partial charge is 0.380 e. The van der Waals surface area contributed by atoms with Gasteiger partial charge >= 0.3 is 0 Å². The van der Waals surface area contributed by atoms with Crippen molar-refractivity contribution in [3.63, 3.8) is 0 Å². The summed E-state index contributed by atoms with van der Waals surface area (Å²) < 4.78 is 67.4. The number of benzene rings is 1. The van der Waals surface area contributed by atoms with Gasteiger partial charge < -0.3 is 4.74 Å². The second kappa shape index (κ2) is 3.91. The van der Waals surface area contributed by atoms with Crippen molar-refractivity contribution in [2.75, 3.05) is 7.11 Å². The molecule has 14 heavy (non-hydrogen) atoms. The van der Waals surface area contributed by atoms with Gasteiger partial charge in [-0.15, -0.1) is 0 Å². The first kappa shape index (κ1) is 10.9. The molecular formula is C8H5F5O. The second-order valence-corrected chi connectivity index (χ2v) is 2.48. The summed E-state index contributed by atoms with van der Waals surface area (Å²) in [5, 5.41) is 0. The van der Waals surface area contributed by atoms with Gasteiger partial charge in [-0.05, 0) is 0 Å². The van der Waals surface area contributed by atoms with Crippen molar-refractivity contribution in [2.45, 2.75) is 6.61 Å². The number of hydrogen-bond acceptors (Lipinski definition) is 1. The van der Waals surface area contributed by atoms with Crippen molar-refractivity contribution in [1.82, 2.24) is 0 Å². The van der Waals surface area contributed by atoms with Crippen LogP contribution in [-0.2, 0) is 11.3 Å². The highest BCUT2D eigenvalue weighted by Crippen LogP contribution is 2.23. The fourth-order valence-electron chi connectivity index (χ4n) is 0.921. The van der Waals surface area contributed by atoms with E-state index in [-0.39, 0.29) is 0 Å². The van der Waals surface area contributed by atoms with Gasteiger partial charge in [0.1, 0.15) is 0 Å². The van der Waals surface area contributed by atoms with E-state index >= 15 is 0 Å². The summed E-state index contributed by atoms with van der Waals surface area (Å²) in [6.45, 7) is -0.675. The van der Waals surface area contributed by atoms with Crippen LogP contribution in [0.15, 0.2) is 0 Å². The van der Waals surface area contributed by atoms with Crippen LogP contribution in [0.5, 0.6) is 0 Å². The molecule has 0 aliphatic heterocycles.